The number of pyridine rings is 1. The molecular weight excluding hydrogens is 274 g/mol. The highest BCUT2D eigenvalue weighted by Crippen LogP contribution is 2.22. The molecule has 0 radical (unpaired) electrons. The standard InChI is InChI=1S/C18H23N3O/c1-4-10-19-15-9-11-20-16(12-15)18(22)21-17-13(3)7-6-8-14(17)5-2/h6-9,11-12H,4-5,10H2,1-3H3,(H,19,20)(H,21,22). The van der Waals surface area contributed by atoms with E-state index >= 15 is 0 Å². The molecule has 0 saturated heterocycles. The Labute approximate surface area is 132 Å². The molecule has 0 saturated carbocycles. The van der Waals surface area contributed by atoms with E-state index in [0.29, 0.717) is 5.69 Å². The molecule has 0 aliphatic heterocycles. The Balaban J connectivity index is 2.19. The fraction of sp³-hybridized carbons (Fsp3) is 0.333. The van der Waals surface area contributed by atoms with Crippen molar-refractivity contribution in [3.05, 3.63) is 53.3 Å². The maximum absolute atomic E-state index is 12.5. The second kappa shape index (κ2) is 7.59. The number of hydrogen-bond acceptors (Lipinski definition) is 3. The summed E-state index contributed by atoms with van der Waals surface area (Å²) in [4.78, 5) is 16.6. The van der Waals surface area contributed by atoms with Crippen molar-refractivity contribution in [3.63, 3.8) is 0 Å². The molecule has 2 rings (SSSR count). The van der Waals surface area contributed by atoms with Crippen LogP contribution in [0.2, 0.25) is 0 Å². The highest BCUT2D eigenvalue weighted by molar-refractivity contribution is 6.04. The van der Waals surface area contributed by atoms with Crippen LogP contribution < -0.4 is 10.6 Å². The Morgan fingerprint density at radius 2 is 2.05 bits per heavy atom. The van der Waals surface area contributed by atoms with E-state index in [2.05, 4.69) is 29.5 Å². The average molecular weight is 297 g/mol. The molecule has 1 heterocycles. The summed E-state index contributed by atoms with van der Waals surface area (Å²) in [7, 11) is 0. The van der Waals surface area contributed by atoms with Gasteiger partial charge in [-0.3, -0.25) is 9.78 Å². The van der Waals surface area contributed by atoms with E-state index in [-0.39, 0.29) is 5.91 Å². The number of hydrogen-bond donors (Lipinski definition) is 2. The fourth-order valence-electron chi connectivity index (χ4n) is 2.31. The molecule has 4 heteroatoms. The summed E-state index contributed by atoms with van der Waals surface area (Å²) in [5, 5.41) is 6.27. The molecule has 0 aliphatic carbocycles. The molecule has 1 aromatic heterocycles. The minimum absolute atomic E-state index is 0.177. The maximum atomic E-state index is 12.5. The highest BCUT2D eigenvalue weighted by Gasteiger charge is 2.12. The van der Waals surface area contributed by atoms with Crippen LogP contribution in [0, 0.1) is 6.92 Å². The lowest BCUT2D eigenvalue weighted by Crippen LogP contribution is -2.16. The zero-order valence-corrected chi connectivity index (χ0v) is 13.4. The molecule has 1 amide bonds. The van der Waals surface area contributed by atoms with Gasteiger partial charge in [-0.05, 0) is 43.0 Å². The van der Waals surface area contributed by atoms with Crippen LogP contribution in [0.25, 0.3) is 0 Å². The van der Waals surface area contributed by atoms with Crippen LogP contribution in [-0.4, -0.2) is 17.4 Å². The number of nitrogens with zero attached hydrogens (tertiary/aromatic N) is 1. The van der Waals surface area contributed by atoms with Crippen LogP contribution in [0.5, 0.6) is 0 Å². The molecule has 4 nitrogen and oxygen atoms in total. The average Bonchev–Trinajstić information content (AvgIpc) is 2.55. The molecule has 0 fully saturated rings. The smallest absolute Gasteiger partial charge is 0.274 e. The van der Waals surface area contributed by atoms with Gasteiger partial charge in [0, 0.05) is 24.1 Å². The number of nitrogens with one attached hydrogen (secondary N) is 2. The van der Waals surface area contributed by atoms with Crippen LogP contribution in [0.4, 0.5) is 11.4 Å². The zero-order chi connectivity index (χ0) is 15.9. The lowest BCUT2D eigenvalue weighted by atomic mass is 10.1. The van der Waals surface area contributed by atoms with Gasteiger partial charge in [0.05, 0.1) is 0 Å². The monoisotopic (exact) mass is 297 g/mol. The number of aryl methyl sites for hydroxylation is 2. The number of rotatable bonds is 6. The summed E-state index contributed by atoms with van der Waals surface area (Å²) in [6, 6.07) is 9.71. The number of amides is 1. The maximum Gasteiger partial charge on any atom is 0.274 e. The lowest BCUT2D eigenvalue weighted by Gasteiger charge is -2.13. The third-order valence-corrected chi connectivity index (χ3v) is 3.55. The predicted molar refractivity (Wildman–Crippen MR) is 91.5 cm³/mol. The van der Waals surface area contributed by atoms with Gasteiger partial charge in [-0.1, -0.05) is 32.0 Å². The van der Waals surface area contributed by atoms with Gasteiger partial charge in [-0.25, -0.2) is 0 Å². The predicted octanol–water partition coefficient (Wildman–Crippen LogP) is 4.03. The van der Waals surface area contributed by atoms with E-state index in [9.17, 15) is 4.79 Å². The van der Waals surface area contributed by atoms with Gasteiger partial charge in [0.15, 0.2) is 0 Å². The second-order valence-corrected chi connectivity index (χ2v) is 5.27. The van der Waals surface area contributed by atoms with Crippen LogP contribution in [0.1, 0.15) is 41.9 Å². The Morgan fingerprint density at radius 1 is 1.23 bits per heavy atom. The number of para-hydroxylation sites is 1. The Hall–Kier alpha value is -2.36. The molecule has 2 N–H and O–H groups in total. The van der Waals surface area contributed by atoms with Crippen LogP contribution in [-0.2, 0) is 6.42 Å². The summed E-state index contributed by atoms with van der Waals surface area (Å²) in [6.07, 6.45) is 3.57. The van der Waals surface area contributed by atoms with E-state index < -0.39 is 0 Å². The zero-order valence-electron chi connectivity index (χ0n) is 13.4. The second-order valence-electron chi connectivity index (χ2n) is 5.27. The van der Waals surface area contributed by atoms with E-state index in [1.165, 1.54) is 0 Å². The number of carbonyl (C=O) groups excluding carboxylic acids is 1. The van der Waals surface area contributed by atoms with Gasteiger partial charge in [-0.15, -0.1) is 0 Å². The molecule has 22 heavy (non-hydrogen) atoms. The molecule has 1 aromatic carbocycles. The molecule has 2 aromatic rings. The third kappa shape index (κ3) is 3.85. The number of benzene rings is 1. The molecule has 0 unspecified atom stereocenters. The molecule has 0 bridgehead atoms. The number of anilines is 2. The van der Waals surface area contributed by atoms with Crippen molar-refractivity contribution in [3.8, 4) is 0 Å². The van der Waals surface area contributed by atoms with Crippen LogP contribution in [0.3, 0.4) is 0 Å². The minimum atomic E-state index is -0.177. The summed E-state index contributed by atoms with van der Waals surface area (Å²) in [6.45, 7) is 7.06. The van der Waals surface area contributed by atoms with E-state index in [4.69, 9.17) is 0 Å². The quantitative estimate of drug-likeness (QED) is 0.846. The molecule has 0 atom stereocenters. The Bertz CT molecular complexity index is 653. The molecule has 0 spiro atoms. The van der Waals surface area contributed by atoms with E-state index in [1.807, 2.05) is 31.2 Å². The molecule has 116 valence electrons. The van der Waals surface area contributed by atoms with Crippen molar-refractivity contribution in [1.29, 1.82) is 0 Å². The first kappa shape index (κ1) is 16.0. The summed E-state index contributed by atoms with van der Waals surface area (Å²) >= 11 is 0. The van der Waals surface area contributed by atoms with E-state index in [0.717, 1.165) is 41.9 Å². The van der Waals surface area contributed by atoms with Gasteiger partial charge in [0.25, 0.3) is 5.91 Å². The lowest BCUT2D eigenvalue weighted by molar-refractivity contribution is 0.102. The van der Waals surface area contributed by atoms with Crippen molar-refractivity contribution < 1.29 is 4.79 Å². The first-order chi connectivity index (χ1) is 10.7. The largest absolute Gasteiger partial charge is 0.385 e. The van der Waals surface area contributed by atoms with Crippen LogP contribution in [0.15, 0.2) is 36.5 Å². The van der Waals surface area contributed by atoms with Crippen molar-refractivity contribution in [2.45, 2.75) is 33.6 Å². The molecule has 0 aliphatic rings. The van der Waals surface area contributed by atoms with Gasteiger partial charge in [-0.2, -0.15) is 0 Å². The SMILES string of the molecule is CCCNc1ccnc(C(=O)Nc2c(C)cccc2CC)c1. The Kier molecular flexibility index (Phi) is 5.53. The van der Waals surface area contributed by atoms with Gasteiger partial charge >= 0.3 is 0 Å². The molecular formula is C18H23N3O. The normalized spacial score (nSPS) is 10.3. The summed E-state index contributed by atoms with van der Waals surface area (Å²) in [5.41, 5.74) is 4.43. The summed E-state index contributed by atoms with van der Waals surface area (Å²) in [5.74, 6) is -0.177. The number of carbonyl (C=O) groups is 1. The van der Waals surface area contributed by atoms with Gasteiger partial charge < -0.3 is 10.6 Å². The third-order valence-electron chi connectivity index (χ3n) is 3.55. The fourth-order valence-corrected chi connectivity index (χ4v) is 2.31. The van der Waals surface area contributed by atoms with E-state index in [1.54, 1.807) is 12.3 Å². The highest BCUT2D eigenvalue weighted by atomic mass is 16.1. The first-order valence-electron chi connectivity index (χ1n) is 7.75. The van der Waals surface area contributed by atoms with Crippen LogP contribution >= 0.6 is 0 Å². The number of aromatic nitrogens is 1. The van der Waals surface area contributed by atoms with Crippen molar-refractivity contribution in [2.24, 2.45) is 0 Å². The van der Waals surface area contributed by atoms with Crippen molar-refractivity contribution in [1.82, 2.24) is 4.98 Å². The van der Waals surface area contributed by atoms with Crippen molar-refractivity contribution >= 4 is 17.3 Å². The van der Waals surface area contributed by atoms with Gasteiger partial charge in [0.1, 0.15) is 5.69 Å². The van der Waals surface area contributed by atoms with Gasteiger partial charge in [0.2, 0.25) is 0 Å². The first-order valence-corrected chi connectivity index (χ1v) is 7.75. The Morgan fingerprint density at radius 3 is 2.77 bits per heavy atom. The summed E-state index contributed by atoms with van der Waals surface area (Å²) < 4.78 is 0. The minimum Gasteiger partial charge on any atom is -0.385 e. The van der Waals surface area contributed by atoms with Crippen molar-refractivity contribution in [2.75, 3.05) is 17.2 Å². The topological polar surface area (TPSA) is 54.0 Å².